The van der Waals surface area contributed by atoms with Crippen LogP contribution >= 0.6 is 0 Å². The van der Waals surface area contributed by atoms with Crippen molar-refractivity contribution in [3.05, 3.63) is 36.3 Å². The number of nitrogens with zero attached hydrogens (tertiary/aromatic N) is 2. The summed E-state index contributed by atoms with van der Waals surface area (Å²) in [5.41, 5.74) is 0.531. The molecule has 0 spiro atoms. The molecule has 3 rings (SSSR count). The van der Waals surface area contributed by atoms with Crippen LogP contribution in [0, 0.1) is 0 Å². The molecule has 2 aromatic heterocycles. The summed E-state index contributed by atoms with van der Waals surface area (Å²) in [6.07, 6.45) is 6.92. The minimum Gasteiger partial charge on any atom is -0.394 e. The van der Waals surface area contributed by atoms with Crippen molar-refractivity contribution < 1.29 is 14.4 Å². The van der Waals surface area contributed by atoms with Crippen LogP contribution in [-0.4, -0.2) is 33.3 Å². The zero-order valence-electron chi connectivity index (χ0n) is 11.6. The standard InChI is InChI=1S/C15H17N3O3/c19-10-15(5-1-2-6-15)17-14(20)12-9-13(21-18-12)11-3-7-16-8-4-11/h3-4,7-9,19H,1-2,5-6,10H2,(H,17,20). The fourth-order valence-electron chi connectivity index (χ4n) is 2.71. The summed E-state index contributed by atoms with van der Waals surface area (Å²) in [5, 5.41) is 16.2. The number of aromatic nitrogens is 2. The number of aliphatic hydroxyl groups excluding tert-OH is 1. The average Bonchev–Trinajstić information content (AvgIpc) is 3.18. The smallest absolute Gasteiger partial charge is 0.273 e. The summed E-state index contributed by atoms with van der Waals surface area (Å²) < 4.78 is 5.20. The first-order valence-electron chi connectivity index (χ1n) is 7.03. The maximum atomic E-state index is 12.3. The van der Waals surface area contributed by atoms with Gasteiger partial charge in [-0.25, -0.2) is 0 Å². The van der Waals surface area contributed by atoms with Gasteiger partial charge < -0.3 is 14.9 Å². The molecule has 1 fully saturated rings. The summed E-state index contributed by atoms with van der Waals surface area (Å²) >= 11 is 0. The second-order valence-electron chi connectivity index (χ2n) is 5.41. The largest absolute Gasteiger partial charge is 0.394 e. The van der Waals surface area contributed by atoms with Crippen molar-refractivity contribution in [3.63, 3.8) is 0 Å². The molecule has 0 atom stereocenters. The van der Waals surface area contributed by atoms with Crippen molar-refractivity contribution >= 4 is 5.91 Å². The highest BCUT2D eigenvalue weighted by atomic mass is 16.5. The highest BCUT2D eigenvalue weighted by molar-refractivity contribution is 5.93. The molecule has 0 saturated heterocycles. The molecule has 6 heteroatoms. The van der Waals surface area contributed by atoms with Crippen molar-refractivity contribution in [3.8, 4) is 11.3 Å². The molecule has 1 aliphatic rings. The molecule has 1 amide bonds. The van der Waals surface area contributed by atoms with Gasteiger partial charge in [0.15, 0.2) is 11.5 Å². The lowest BCUT2D eigenvalue weighted by molar-refractivity contribution is 0.0829. The van der Waals surface area contributed by atoms with Crippen molar-refractivity contribution in [2.75, 3.05) is 6.61 Å². The highest BCUT2D eigenvalue weighted by Crippen LogP contribution is 2.29. The molecule has 110 valence electrons. The van der Waals surface area contributed by atoms with E-state index in [1.807, 2.05) is 0 Å². The SMILES string of the molecule is O=C(NC1(CO)CCCC1)c1cc(-c2ccncc2)on1. The Morgan fingerprint density at radius 1 is 1.33 bits per heavy atom. The molecule has 0 radical (unpaired) electrons. The Labute approximate surface area is 122 Å². The lowest BCUT2D eigenvalue weighted by Gasteiger charge is -2.27. The average molecular weight is 287 g/mol. The van der Waals surface area contributed by atoms with E-state index in [-0.39, 0.29) is 18.2 Å². The van der Waals surface area contributed by atoms with Crippen LogP contribution in [0.25, 0.3) is 11.3 Å². The van der Waals surface area contributed by atoms with Gasteiger partial charge in [-0.2, -0.15) is 0 Å². The van der Waals surface area contributed by atoms with Crippen LogP contribution in [0.2, 0.25) is 0 Å². The number of rotatable bonds is 4. The predicted molar refractivity (Wildman–Crippen MR) is 75.5 cm³/mol. The van der Waals surface area contributed by atoms with Crippen LogP contribution in [0.15, 0.2) is 35.1 Å². The van der Waals surface area contributed by atoms with E-state index in [0.29, 0.717) is 5.76 Å². The number of amides is 1. The fraction of sp³-hybridized carbons (Fsp3) is 0.400. The van der Waals surface area contributed by atoms with Gasteiger partial charge in [0.25, 0.3) is 5.91 Å². The van der Waals surface area contributed by atoms with Gasteiger partial charge in [-0.05, 0) is 25.0 Å². The maximum absolute atomic E-state index is 12.3. The normalized spacial score (nSPS) is 16.8. The Morgan fingerprint density at radius 3 is 2.71 bits per heavy atom. The van der Waals surface area contributed by atoms with Crippen LogP contribution in [0.4, 0.5) is 0 Å². The fourth-order valence-corrected chi connectivity index (χ4v) is 2.71. The first-order valence-corrected chi connectivity index (χ1v) is 7.03. The number of aliphatic hydroxyl groups is 1. The number of carbonyl (C=O) groups is 1. The quantitative estimate of drug-likeness (QED) is 0.894. The summed E-state index contributed by atoms with van der Waals surface area (Å²) in [7, 11) is 0. The lowest BCUT2D eigenvalue weighted by atomic mass is 9.98. The van der Waals surface area contributed by atoms with E-state index in [4.69, 9.17) is 4.52 Å². The summed E-state index contributed by atoms with van der Waals surface area (Å²) in [4.78, 5) is 16.2. The van der Waals surface area contributed by atoms with E-state index >= 15 is 0 Å². The first-order chi connectivity index (χ1) is 10.2. The molecular formula is C15H17N3O3. The van der Waals surface area contributed by atoms with Crippen molar-refractivity contribution in [2.24, 2.45) is 0 Å². The van der Waals surface area contributed by atoms with E-state index in [1.54, 1.807) is 30.6 Å². The molecule has 0 unspecified atom stereocenters. The minimum absolute atomic E-state index is 0.0478. The summed E-state index contributed by atoms with van der Waals surface area (Å²) in [5.74, 6) is 0.210. The zero-order chi connectivity index (χ0) is 14.7. The molecule has 0 aromatic carbocycles. The van der Waals surface area contributed by atoms with E-state index < -0.39 is 5.54 Å². The molecule has 1 aliphatic carbocycles. The van der Waals surface area contributed by atoms with E-state index in [2.05, 4.69) is 15.5 Å². The van der Waals surface area contributed by atoms with E-state index in [1.165, 1.54) is 0 Å². The predicted octanol–water partition coefficient (Wildman–Crippen LogP) is 1.77. The van der Waals surface area contributed by atoms with Crippen LogP contribution in [-0.2, 0) is 0 Å². The van der Waals surface area contributed by atoms with Crippen molar-refractivity contribution in [1.82, 2.24) is 15.5 Å². The van der Waals surface area contributed by atoms with Gasteiger partial charge in [0, 0.05) is 24.0 Å². The van der Waals surface area contributed by atoms with Gasteiger partial charge in [-0.1, -0.05) is 18.0 Å². The maximum Gasteiger partial charge on any atom is 0.273 e. The molecular weight excluding hydrogens is 270 g/mol. The van der Waals surface area contributed by atoms with Crippen LogP contribution < -0.4 is 5.32 Å². The Bertz CT molecular complexity index is 618. The molecule has 2 heterocycles. The molecule has 0 bridgehead atoms. The first kappa shape index (κ1) is 13.8. The van der Waals surface area contributed by atoms with Crippen LogP contribution in [0.5, 0.6) is 0 Å². The monoisotopic (exact) mass is 287 g/mol. The second-order valence-corrected chi connectivity index (χ2v) is 5.41. The summed E-state index contributed by atoms with van der Waals surface area (Å²) in [6, 6.07) is 5.17. The molecule has 1 saturated carbocycles. The van der Waals surface area contributed by atoms with Gasteiger partial charge in [-0.15, -0.1) is 0 Å². The van der Waals surface area contributed by atoms with Gasteiger partial charge in [0.05, 0.1) is 12.1 Å². The van der Waals surface area contributed by atoms with Crippen LogP contribution in [0.1, 0.15) is 36.2 Å². The number of hydrogen-bond acceptors (Lipinski definition) is 5. The third-order valence-electron chi connectivity index (χ3n) is 3.95. The van der Waals surface area contributed by atoms with E-state index in [0.717, 1.165) is 31.2 Å². The lowest BCUT2D eigenvalue weighted by Crippen LogP contribution is -2.49. The van der Waals surface area contributed by atoms with E-state index in [9.17, 15) is 9.90 Å². The number of hydrogen-bond donors (Lipinski definition) is 2. The third kappa shape index (κ3) is 2.80. The minimum atomic E-state index is -0.507. The molecule has 2 N–H and O–H groups in total. The molecule has 6 nitrogen and oxygen atoms in total. The Balaban J connectivity index is 1.75. The van der Waals surface area contributed by atoms with Gasteiger partial charge in [0.1, 0.15) is 0 Å². The number of nitrogens with one attached hydrogen (secondary N) is 1. The van der Waals surface area contributed by atoms with Gasteiger partial charge in [0.2, 0.25) is 0 Å². The Kier molecular flexibility index (Phi) is 3.70. The Hall–Kier alpha value is -2.21. The Morgan fingerprint density at radius 2 is 2.05 bits per heavy atom. The topological polar surface area (TPSA) is 88.2 Å². The van der Waals surface area contributed by atoms with Crippen LogP contribution in [0.3, 0.4) is 0 Å². The number of carbonyl (C=O) groups excluding carboxylic acids is 1. The highest BCUT2D eigenvalue weighted by Gasteiger charge is 2.35. The molecule has 2 aromatic rings. The van der Waals surface area contributed by atoms with Gasteiger partial charge in [-0.3, -0.25) is 9.78 Å². The second kappa shape index (κ2) is 5.65. The number of pyridine rings is 1. The zero-order valence-corrected chi connectivity index (χ0v) is 11.6. The van der Waals surface area contributed by atoms with Gasteiger partial charge >= 0.3 is 0 Å². The van der Waals surface area contributed by atoms with Crippen molar-refractivity contribution in [2.45, 2.75) is 31.2 Å². The summed E-state index contributed by atoms with van der Waals surface area (Å²) in [6.45, 7) is -0.0478. The van der Waals surface area contributed by atoms with Crippen molar-refractivity contribution in [1.29, 1.82) is 0 Å². The molecule has 0 aliphatic heterocycles. The third-order valence-corrected chi connectivity index (χ3v) is 3.95. The molecule has 21 heavy (non-hydrogen) atoms.